The fourth-order valence-electron chi connectivity index (χ4n) is 3.48. The number of ether oxygens (including phenoxy) is 2. The van der Waals surface area contributed by atoms with Crippen LogP contribution in [0.25, 0.3) is 0 Å². The maximum atomic E-state index is 13.3. The maximum Gasteiger partial charge on any atom is 0.324 e. The molecule has 0 bridgehead atoms. The SMILES string of the molecule is CCOC(=O)[C@H](C#N)[C@]1(c2ccc(F)cc2)CCOC(C)(C)C1. The van der Waals surface area contributed by atoms with E-state index in [-0.39, 0.29) is 12.4 Å². The number of halogens is 1. The van der Waals surface area contributed by atoms with Gasteiger partial charge in [0.25, 0.3) is 0 Å². The molecule has 2 rings (SSSR count). The molecule has 4 nitrogen and oxygen atoms in total. The number of nitriles is 1. The molecule has 23 heavy (non-hydrogen) atoms. The van der Waals surface area contributed by atoms with Gasteiger partial charge >= 0.3 is 5.97 Å². The van der Waals surface area contributed by atoms with Crippen molar-refractivity contribution in [3.63, 3.8) is 0 Å². The number of hydrogen-bond donors (Lipinski definition) is 0. The van der Waals surface area contributed by atoms with Crippen LogP contribution in [0.15, 0.2) is 24.3 Å². The quantitative estimate of drug-likeness (QED) is 0.799. The van der Waals surface area contributed by atoms with Gasteiger partial charge in [0, 0.05) is 12.0 Å². The number of rotatable bonds is 4. The normalized spacial score (nSPS) is 24.5. The minimum atomic E-state index is -0.948. The van der Waals surface area contributed by atoms with Crippen molar-refractivity contribution in [3.8, 4) is 6.07 Å². The Kier molecular flexibility index (Phi) is 5.06. The molecular formula is C18H22FNO3. The smallest absolute Gasteiger partial charge is 0.324 e. The summed E-state index contributed by atoms with van der Waals surface area (Å²) in [4.78, 5) is 12.4. The van der Waals surface area contributed by atoms with Crippen LogP contribution in [0.2, 0.25) is 0 Å². The molecule has 0 unspecified atom stereocenters. The van der Waals surface area contributed by atoms with Crippen LogP contribution >= 0.6 is 0 Å². The number of benzene rings is 1. The van der Waals surface area contributed by atoms with E-state index < -0.39 is 22.9 Å². The fraction of sp³-hybridized carbons (Fsp3) is 0.556. The van der Waals surface area contributed by atoms with Gasteiger partial charge in [-0.1, -0.05) is 12.1 Å². The van der Waals surface area contributed by atoms with Crippen molar-refractivity contribution in [2.24, 2.45) is 5.92 Å². The molecule has 0 N–H and O–H groups in total. The summed E-state index contributed by atoms with van der Waals surface area (Å²) in [6, 6.07) is 8.15. The van der Waals surface area contributed by atoms with Gasteiger partial charge in [-0.25, -0.2) is 4.39 Å². The molecule has 0 aliphatic carbocycles. The van der Waals surface area contributed by atoms with Crippen molar-refractivity contribution >= 4 is 5.97 Å². The lowest BCUT2D eigenvalue weighted by Crippen LogP contribution is -2.50. The number of hydrogen-bond acceptors (Lipinski definition) is 4. The van der Waals surface area contributed by atoms with Gasteiger partial charge in [0.15, 0.2) is 5.92 Å². The standard InChI is InChI=1S/C18H22FNO3/c1-4-22-16(21)15(11-20)18(9-10-23-17(2,3)12-18)13-5-7-14(19)8-6-13/h5-8,15H,4,9-10,12H2,1-3H3/t15-,18+/m0/s1. The molecule has 0 spiro atoms. The van der Waals surface area contributed by atoms with Gasteiger partial charge in [-0.05, 0) is 51.3 Å². The van der Waals surface area contributed by atoms with E-state index in [0.717, 1.165) is 5.56 Å². The van der Waals surface area contributed by atoms with Crippen LogP contribution in [0.1, 0.15) is 39.2 Å². The lowest BCUT2D eigenvalue weighted by Gasteiger charge is -2.46. The average Bonchev–Trinajstić information content (AvgIpc) is 2.47. The van der Waals surface area contributed by atoms with Crippen molar-refractivity contribution in [2.45, 2.75) is 44.6 Å². The van der Waals surface area contributed by atoms with Crippen molar-refractivity contribution in [1.82, 2.24) is 0 Å². The zero-order valence-electron chi connectivity index (χ0n) is 13.8. The topological polar surface area (TPSA) is 59.3 Å². The molecular weight excluding hydrogens is 297 g/mol. The maximum absolute atomic E-state index is 13.3. The first kappa shape index (κ1) is 17.4. The third kappa shape index (κ3) is 3.53. The Balaban J connectivity index is 2.52. The van der Waals surface area contributed by atoms with Crippen molar-refractivity contribution in [1.29, 1.82) is 5.26 Å². The molecule has 1 fully saturated rings. The van der Waals surface area contributed by atoms with Gasteiger partial charge in [0.1, 0.15) is 5.82 Å². The van der Waals surface area contributed by atoms with E-state index in [9.17, 15) is 14.4 Å². The van der Waals surface area contributed by atoms with Crippen molar-refractivity contribution < 1.29 is 18.7 Å². The molecule has 0 radical (unpaired) electrons. The zero-order chi connectivity index (χ0) is 17.1. The zero-order valence-corrected chi connectivity index (χ0v) is 13.8. The van der Waals surface area contributed by atoms with E-state index >= 15 is 0 Å². The highest BCUT2D eigenvalue weighted by Crippen LogP contribution is 2.47. The number of carbonyl (C=O) groups excluding carboxylic acids is 1. The molecule has 1 aromatic rings. The largest absolute Gasteiger partial charge is 0.465 e. The van der Waals surface area contributed by atoms with Crippen molar-refractivity contribution in [2.75, 3.05) is 13.2 Å². The molecule has 1 saturated heterocycles. The average molecular weight is 319 g/mol. The van der Waals surface area contributed by atoms with Crippen LogP contribution in [0.4, 0.5) is 4.39 Å². The highest BCUT2D eigenvalue weighted by molar-refractivity contribution is 5.77. The molecule has 1 aliphatic rings. The second kappa shape index (κ2) is 6.67. The van der Waals surface area contributed by atoms with E-state index in [1.807, 2.05) is 13.8 Å². The lowest BCUT2D eigenvalue weighted by atomic mass is 9.62. The Hall–Kier alpha value is -1.93. The summed E-state index contributed by atoms with van der Waals surface area (Å²) in [5.74, 6) is -1.83. The summed E-state index contributed by atoms with van der Waals surface area (Å²) < 4.78 is 24.2. The molecule has 5 heteroatoms. The lowest BCUT2D eigenvalue weighted by molar-refractivity contribution is -0.153. The first-order chi connectivity index (χ1) is 10.8. The highest BCUT2D eigenvalue weighted by atomic mass is 19.1. The highest BCUT2D eigenvalue weighted by Gasteiger charge is 2.51. The van der Waals surface area contributed by atoms with Crippen LogP contribution in [0, 0.1) is 23.1 Å². The predicted molar refractivity (Wildman–Crippen MR) is 83.1 cm³/mol. The van der Waals surface area contributed by atoms with Crippen LogP contribution < -0.4 is 0 Å². The van der Waals surface area contributed by atoms with E-state index in [4.69, 9.17) is 9.47 Å². The first-order valence-corrected chi connectivity index (χ1v) is 7.81. The molecule has 1 aromatic carbocycles. The Labute approximate surface area is 136 Å². The van der Waals surface area contributed by atoms with Gasteiger partial charge in [-0.3, -0.25) is 4.79 Å². The minimum Gasteiger partial charge on any atom is -0.465 e. The molecule has 0 saturated carbocycles. The van der Waals surface area contributed by atoms with Gasteiger partial charge in [0.05, 0.1) is 18.3 Å². The molecule has 0 amide bonds. The van der Waals surface area contributed by atoms with Crippen LogP contribution in [-0.2, 0) is 19.7 Å². The Morgan fingerprint density at radius 1 is 1.43 bits per heavy atom. The molecule has 0 aromatic heterocycles. The predicted octanol–water partition coefficient (Wildman–Crippen LogP) is 3.36. The van der Waals surface area contributed by atoms with E-state index in [2.05, 4.69) is 6.07 Å². The third-order valence-corrected chi connectivity index (χ3v) is 4.41. The molecule has 124 valence electrons. The van der Waals surface area contributed by atoms with Crippen LogP contribution in [0.3, 0.4) is 0 Å². The summed E-state index contributed by atoms with van der Waals surface area (Å²) in [6.07, 6.45) is 1.00. The molecule has 1 heterocycles. The summed E-state index contributed by atoms with van der Waals surface area (Å²) in [5, 5.41) is 9.66. The van der Waals surface area contributed by atoms with Gasteiger partial charge < -0.3 is 9.47 Å². The summed E-state index contributed by atoms with van der Waals surface area (Å²) >= 11 is 0. The minimum absolute atomic E-state index is 0.219. The molecule has 1 aliphatic heterocycles. The summed E-state index contributed by atoms with van der Waals surface area (Å²) in [5.41, 5.74) is -0.445. The monoisotopic (exact) mass is 319 g/mol. The van der Waals surface area contributed by atoms with Gasteiger partial charge in [-0.15, -0.1) is 0 Å². The van der Waals surface area contributed by atoms with E-state index in [0.29, 0.717) is 19.4 Å². The number of carbonyl (C=O) groups is 1. The summed E-state index contributed by atoms with van der Waals surface area (Å²) in [6.45, 7) is 6.23. The Bertz CT molecular complexity index is 606. The summed E-state index contributed by atoms with van der Waals surface area (Å²) in [7, 11) is 0. The third-order valence-electron chi connectivity index (χ3n) is 4.41. The van der Waals surface area contributed by atoms with Crippen molar-refractivity contribution in [3.05, 3.63) is 35.6 Å². The van der Waals surface area contributed by atoms with Gasteiger partial charge in [0.2, 0.25) is 0 Å². The van der Waals surface area contributed by atoms with E-state index in [1.165, 1.54) is 12.1 Å². The first-order valence-electron chi connectivity index (χ1n) is 7.81. The second-order valence-electron chi connectivity index (χ2n) is 6.51. The van der Waals surface area contributed by atoms with Crippen LogP contribution in [0.5, 0.6) is 0 Å². The Morgan fingerprint density at radius 3 is 2.61 bits per heavy atom. The number of nitrogens with zero attached hydrogens (tertiary/aromatic N) is 1. The van der Waals surface area contributed by atoms with E-state index in [1.54, 1.807) is 19.1 Å². The van der Waals surface area contributed by atoms with Gasteiger partial charge in [-0.2, -0.15) is 5.26 Å². The van der Waals surface area contributed by atoms with Crippen LogP contribution in [-0.4, -0.2) is 24.8 Å². The number of esters is 1. The fourth-order valence-corrected chi connectivity index (χ4v) is 3.48. The second-order valence-corrected chi connectivity index (χ2v) is 6.51. The Morgan fingerprint density at radius 2 is 2.09 bits per heavy atom. The molecule has 2 atom stereocenters.